The van der Waals surface area contributed by atoms with E-state index in [0.29, 0.717) is 11.1 Å². The molecule has 7 heteroatoms. The molecule has 2 aromatic rings. The summed E-state index contributed by atoms with van der Waals surface area (Å²) in [5, 5.41) is 18.4. The summed E-state index contributed by atoms with van der Waals surface area (Å²) in [5.41, 5.74) is 1.98. The number of hydrogen-bond acceptors (Lipinski definition) is 5. The Labute approximate surface area is 151 Å². The highest BCUT2D eigenvalue weighted by Gasteiger charge is 2.26. The Morgan fingerprint density at radius 1 is 1.32 bits per heavy atom. The molecule has 6 nitrogen and oxygen atoms in total. The molecule has 1 aromatic heterocycles. The number of rotatable bonds is 6. The first kappa shape index (κ1) is 17.8. The van der Waals surface area contributed by atoms with Crippen molar-refractivity contribution in [1.82, 2.24) is 14.8 Å². The molecule has 0 aliphatic heterocycles. The molecule has 3 rings (SSSR count). The fourth-order valence-electron chi connectivity index (χ4n) is 3.33. The summed E-state index contributed by atoms with van der Waals surface area (Å²) in [4.78, 5) is 11.0. The number of carboxylic acid groups (broad SMARTS) is 1. The standard InChI is InChI=1S/C18H23N3O3S/c1-12-8-9-15(24-2)14(10-12)21-17(13-6-4-3-5-7-13)19-20-18(21)25-11-16(22)23/h8-10,13H,3-7,11H2,1-2H3,(H,22,23). The maximum absolute atomic E-state index is 11.0. The monoisotopic (exact) mass is 361 g/mol. The van der Waals surface area contributed by atoms with Gasteiger partial charge in [-0.15, -0.1) is 10.2 Å². The van der Waals surface area contributed by atoms with Gasteiger partial charge < -0.3 is 9.84 Å². The first-order valence-electron chi connectivity index (χ1n) is 8.55. The number of carbonyl (C=O) groups is 1. The van der Waals surface area contributed by atoms with Crippen molar-refractivity contribution in [2.24, 2.45) is 0 Å². The zero-order valence-corrected chi connectivity index (χ0v) is 15.4. The van der Waals surface area contributed by atoms with E-state index in [9.17, 15) is 4.79 Å². The third-order valence-corrected chi connectivity index (χ3v) is 5.44. The predicted octanol–water partition coefficient (Wildman–Crippen LogP) is 3.81. The quantitative estimate of drug-likeness (QED) is 0.789. The van der Waals surface area contributed by atoms with Crippen molar-refractivity contribution in [3.63, 3.8) is 0 Å². The van der Waals surface area contributed by atoms with Crippen LogP contribution in [0.2, 0.25) is 0 Å². The van der Waals surface area contributed by atoms with E-state index in [-0.39, 0.29) is 5.75 Å². The second kappa shape index (κ2) is 7.91. The maximum atomic E-state index is 11.0. The van der Waals surface area contributed by atoms with E-state index in [0.717, 1.165) is 35.7 Å². The second-order valence-corrected chi connectivity index (χ2v) is 7.31. The van der Waals surface area contributed by atoms with Gasteiger partial charge in [0.15, 0.2) is 5.16 Å². The molecule has 1 N–H and O–H groups in total. The van der Waals surface area contributed by atoms with Crippen molar-refractivity contribution in [2.45, 2.75) is 50.1 Å². The summed E-state index contributed by atoms with van der Waals surface area (Å²) in [6, 6.07) is 5.97. The molecule has 0 saturated heterocycles. The van der Waals surface area contributed by atoms with E-state index in [2.05, 4.69) is 10.2 Å². The fourth-order valence-corrected chi connectivity index (χ4v) is 4.00. The van der Waals surface area contributed by atoms with Crippen LogP contribution >= 0.6 is 11.8 Å². The molecule has 1 aliphatic carbocycles. The molecule has 134 valence electrons. The summed E-state index contributed by atoms with van der Waals surface area (Å²) in [7, 11) is 1.64. The second-order valence-electron chi connectivity index (χ2n) is 6.37. The Kier molecular flexibility index (Phi) is 5.63. The molecule has 1 heterocycles. The Morgan fingerprint density at radius 3 is 2.76 bits per heavy atom. The van der Waals surface area contributed by atoms with Crippen molar-refractivity contribution < 1.29 is 14.6 Å². The Morgan fingerprint density at radius 2 is 2.08 bits per heavy atom. The normalized spacial score (nSPS) is 15.3. The van der Waals surface area contributed by atoms with Gasteiger partial charge in [0.05, 0.1) is 18.6 Å². The zero-order valence-electron chi connectivity index (χ0n) is 14.6. The minimum absolute atomic E-state index is 0.0447. The lowest BCUT2D eigenvalue weighted by atomic mass is 9.88. The van der Waals surface area contributed by atoms with E-state index in [1.807, 2.05) is 29.7 Å². The summed E-state index contributed by atoms with van der Waals surface area (Å²) < 4.78 is 7.54. The van der Waals surface area contributed by atoms with Crippen molar-refractivity contribution in [2.75, 3.05) is 12.9 Å². The summed E-state index contributed by atoms with van der Waals surface area (Å²) in [6.45, 7) is 2.03. The molecule has 0 radical (unpaired) electrons. The number of nitrogens with zero attached hydrogens (tertiary/aromatic N) is 3. The van der Waals surface area contributed by atoms with E-state index >= 15 is 0 Å². The van der Waals surface area contributed by atoms with Crippen LogP contribution in [0.15, 0.2) is 23.4 Å². The fraction of sp³-hybridized carbons (Fsp3) is 0.500. The number of ether oxygens (including phenoxy) is 1. The first-order valence-corrected chi connectivity index (χ1v) is 9.53. The van der Waals surface area contributed by atoms with Crippen LogP contribution in [0.4, 0.5) is 0 Å². The number of carboxylic acids is 1. The van der Waals surface area contributed by atoms with E-state index in [4.69, 9.17) is 9.84 Å². The van der Waals surface area contributed by atoms with Gasteiger partial charge in [-0.2, -0.15) is 0 Å². The van der Waals surface area contributed by atoms with Gasteiger partial charge in [-0.05, 0) is 37.5 Å². The van der Waals surface area contributed by atoms with Crippen LogP contribution in [-0.2, 0) is 4.79 Å². The minimum atomic E-state index is -0.866. The molecule has 0 spiro atoms. The lowest BCUT2D eigenvalue weighted by Gasteiger charge is -2.22. The smallest absolute Gasteiger partial charge is 0.313 e. The third kappa shape index (κ3) is 3.98. The number of aromatic nitrogens is 3. The number of aliphatic carboxylic acids is 1. The van der Waals surface area contributed by atoms with E-state index in [1.54, 1.807) is 7.11 Å². The van der Waals surface area contributed by atoms with Gasteiger partial charge in [-0.25, -0.2) is 0 Å². The molecule has 1 saturated carbocycles. The third-order valence-electron chi connectivity index (χ3n) is 4.53. The molecule has 25 heavy (non-hydrogen) atoms. The molecule has 1 aliphatic rings. The number of methoxy groups -OCH3 is 1. The number of hydrogen-bond donors (Lipinski definition) is 1. The Hall–Kier alpha value is -2.02. The van der Waals surface area contributed by atoms with E-state index < -0.39 is 5.97 Å². The van der Waals surface area contributed by atoms with Crippen LogP contribution in [0.3, 0.4) is 0 Å². The molecule has 0 amide bonds. The van der Waals surface area contributed by atoms with Crippen LogP contribution in [0, 0.1) is 6.92 Å². The van der Waals surface area contributed by atoms with Crippen LogP contribution in [-0.4, -0.2) is 38.7 Å². The first-order chi connectivity index (χ1) is 12.1. The number of benzene rings is 1. The van der Waals surface area contributed by atoms with Crippen LogP contribution < -0.4 is 4.74 Å². The molecule has 1 fully saturated rings. The van der Waals surface area contributed by atoms with Crippen molar-refractivity contribution in [1.29, 1.82) is 0 Å². The summed E-state index contributed by atoms with van der Waals surface area (Å²) in [6.07, 6.45) is 5.84. The molecule has 0 atom stereocenters. The van der Waals surface area contributed by atoms with Gasteiger partial charge in [-0.3, -0.25) is 9.36 Å². The molecule has 1 aromatic carbocycles. The van der Waals surface area contributed by atoms with Crippen LogP contribution in [0.1, 0.15) is 49.4 Å². The molecular formula is C18H23N3O3S. The van der Waals surface area contributed by atoms with Gasteiger partial charge in [0.2, 0.25) is 0 Å². The lowest BCUT2D eigenvalue weighted by Crippen LogP contribution is -2.13. The molecule has 0 unspecified atom stereocenters. The lowest BCUT2D eigenvalue weighted by molar-refractivity contribution is -0.133. The summed E-state index contributed by atoms with van der Waals surface area (Å²) in [5.74, 6) is 1.09. The maximum Gasteiger partial charge on any atom is 0.313 e. The van der Waals surface area contributed by atoms with Crippen molar-refractivity contribution in [3.05, 3.63) is 29.6 Å². The van der Waals surface area contributed by atoms with Crippen molar-refractivity contribution in [3.8, 4) is 11.4 Å². The molecular weight excluding hydrogens is 338 g/mol. The van der Waals surface area contributed by atoms with Gasteiger partial charge >= 0.3 is 5.97 Å². The highest BCUT2D eigenvalue weighted by atomic mass is 32.2. The predicted molar refractivity (Wildman–Crippen MR) is 96.8 cm³/mol. The average molecular weight is 361 g/mol. The highest BCUT2D eigenvalue weighted by Crippen LogP contribution is 2.37. The van der Waals surface area contributed by atoms with Crippen LogP contribution in [0.25, 0.3) is 5.69 Å². The average Bonchev–Trinajstić information content (AvgIpc) is 3.04. The minimum Gasteiger partial charge on any atom is -0.495 e. The van der Waals surface area contributed by atoms with Gasteiger partial charge in [0.1, 0.15) is 11.6 Å². The highest BCUT2D eigenvalue weighted by molar-refractivity contribution is 7.99. The SMILES string of the molecule is COc1ccc(C)cc1-n1c(SCC(=O)O)nnc1C1CCCCC1. The summed E-state index contributed by atoms with van der Waals surface area (Å²) >= 11 is 1.19. The number of thioether (sulfide) groups is 1. The topological polar surface area (TPSA) is 77.2 Å². The van der Waals surface area contributed by atoms with Gasteiger partial charge in [0.25, 0.3) is 0 Å². The number of aryl methyl sites for hydroxylation is 1. The largest absolute Gasteiger partial charge is 0.495 e. The Balaban J connectivity index is 2.08. The molecule has 0 bridgehead atoms. The van der Waals surface area contributed by atoms with Gasteiger partial charge in [-0.1, -0.05) is 37.1 Å². The van der Waals surface area contributed by atoms with Gasteiger partial charge in [0, 0.05) is 5.92 Å². The van der Waals surface area contributed by atoms with E-state index in [1.165, 1.54) is 31.0 Å². The zero-order chi connectivity index (χ0) is 17.8. The van der Waals surface area contributed by atoms with Crippen molar-refractivity contribution >= 4 is 17.7 Å². The van der Waals surface area contributed by atoms with Crippen LogP contribution in [0.5, 0.6) is 5.75 Å². The Bertz CT molecular complexity index is 754.